The van der Waals surface area contributed by atoms with Crippen LogP contribution in [0.15, 0.2) is 0 Å². The summed E-state index contributed by atoms with van der Waals surface area (Å²) in [6.45, 7) is 15.1. The highest BCUT2D eigenvalue weighted by Crippen LogP contribution is 2.59. The van der Waals surface area contributed by atoms with Gasteiger partial charge in [0.25, 0.3) is 0 Å². The lowest BCUT2D eigenvalue weighted by Crippen LogP contribution is -2.36. The molecule has 0 radical (unpaired) electrons. The average Bonchev–Trinajstić information content (AvgIpc) is 2.30. The van der Waals surface area contributed by atoms with E-state index in [1.807, 2.05) is 13.8 Å². The van der Waals surface area contributed by atoms with E-state index in [0.717, 1.165) is 0 Å². The van der Waals surface area contributed by atoms with Crippen LogP contribution in [0, 0.1) is 0 Å². The molecule has 0 aliphatic carbocycles. The van der Waals surface area contributed by atoms with E-state index in [-0.39, 0.29) is 24.4 Å². The minimum absolute atomic E-state index is 0.0124. The Morgan fingerprint density at radius 3 is 1.82 bits per heavy atom. The van der Waals surface area contributed by atoms with E-state index >= 15 is 0 Å². The molecule has 0 saturated carbocycles. The predicted octanol–water partition coefficient (Wildman–Crippen LogP) is 5.14. The molecule has 0 aromatic rings. The number of ether oxygens (including phenoxy) is 1. The highest BCUT2D eigenvalue weighted by Gasteiger charge is 2.46. The first kappa shape index (κ1) is 28.6. The maximum Gasteiger partial charge on any atom is 0.472 e. The van der Waals surface area contributed by atoms with E-state index in [4.69, 9.17) is 18.3 Å². The van der Waals surface area contributed by atoms with Crippen molar-refractivity contribution in [2.45, 2.75) is 96.4 Å². The van der Waals surface area contributed by atoms with Gasteiger partial charge in [-0.3, -0.25) is 13.6 Å². The van der Waals surface area contributed by atoms with Gasteiger partial charge in [-0.15, -0.1) is 0 Å². The Labute approximate surface area is 175 Å². The summed E-state index contributed by atoms with van der Waals surface area (Å²) in [7, 11) is -8.33. The monoisotopic (exact) mass is 464 g/mol. The molecule has 170 valence electrons. The molecule has 0 amide bonds. The van der Waals surface area contributed by atoms with Crippen molar-refractivity contribution in [3.8, 4) is 0 Å². The molecular formula is C17H38O8P2S. The summed E-state index contributed by atoms with van der Waals surface area (Å²) in [6, 6.07) is 0. The number of hydrogen-bond donors (Lipinski definition) is 3. The SMILES string of the molecule is CCOP(=O)(O)OC(C)(C)CCOC(C)(C)P(=O)(O)OC(C)(C)CC(C)(C)S. The van der Waals surface area contributed by atoms with Crippen LogP contribution in [0.1, 0.15) is 75.2 Å². The van der Waals surface area contributed by atoms with E-state index in [1.165, 1.54) is 13.8 Å². The van der Waals surface area contributed by atoms with E-state index in [9.17, 15) is 18.9 Å². The maximum absolute atomic E-state index is 12.9. The topological polar surface area (TPSA) is 112 Å². The minimum atomic E-state index is -4.17. The number of rotatable bonds is 13. The predicted molar refractivity (Wildman–Crippen MR) is 114 cm³/mol. The van der Waals surface area contributed by atoms with Crippen molar-refractivity contribution in [1.29, 1.82) is 0 Å². The summed E-state index contributed by atoms with van der Waals surface area (Å²) in [5.74, 6) is 0. The molecule has 2 N–H and O–H groups in total. The van der Waals surface area contributed by atoms with E-state index in [0.29, 0.717) is 6.42 Å². The molecule has 0 aliphatic heterocycles. The molecule has 28 heavy (non-hydrogen) atoms. The highest BCUT2D eigenvalue weighted by atomic mass is 32.1. The molecule has 0 spiro atoms. The van der Waals surface area contributed by atoms with Gasteiger partial charge in [0.1, 0.15) is 0 Å². The lowest BCUT2D eigenvalue weighted by molar-refractivity contribution is -0.0316. The number of phosphoric acid groups is 1. The zero-order valence-corrected chi connectivity index (χ0v) is 21.2. The summed E-state index contributed by atoms with van der Waals surface area (Å²) >= 11 is 4.46. The van der Waals surface area contributed by atoms with Crippen LogP contribution in [0.4, 0.5) is 0 Å². The molecule has 8 nitrogen and oxygen atoms in total. The molecule has 0 fully saturated rings. The number of phosphoric ester groups is 1. The third kappa shape index (κ3) is 11.1. The van der Waals surface area contributed by atoms with Crippen LogP contribution in [0.2, 0.25) is 0 Å². The summed E-state index contributed by atoms with van der Waals surface area (Å²) in [5.41, 5.74) is -1.93. The molecule has 0 aliphatic rings. The summed E-state index contributed by atoms with van der Waals surface area (Å²) < 4.78 is 45.3. The van der Waals surface area contributed by atoms with Crippen LogP contribution in [0.3, 0.4) is 0 Å². The van der Waals surface area contributed by atoms with Gasteiger partial charge in [-0.1, -0.05) is 13.8 Å². The van der Waals surface area contributed by atoms with Gasteiger partial charge >= 0.3 is 15.4 Å². The highest BCUT2D eigenvalue weighted by molar-refractivity contribution is 7.81. The Kier molecular flexibility index (Phi) is 10.00. The normalized spacial score (nSPS) is 18.6. The largest absolute Gasteiger partial charge is 0.472 e. The lowest BCUT2D eigenvalue weighted by atomic mass is 9.96. The van der Waals surface area contributed by atoms with Gasteiger partial charge in [0.15, 0.2) is 5.34 Å². The van der Waals surface area contributed by atoms with Gasteiger partial charge in [0.2, 0.25) is 0 Å². The van der Waals surface area contributed by atoms with Crippen LogP contribution < -0.4 is 0 Å². The molecule has 0 aromatic carbocycles. The van der Waals surface area contributed by atoms with Gasteiger partial charge in [-0.2, -0.15) is 12.6 Å². The smallest absolute Gasteiger partial charge is 0.363 e. The first-order valence-electron chi connectivity index (χ1n) is 9.22. The Balaban J connectivity index is 4.94. The molecule has 0 bridgehead atoms. The van der Waals surface area contributed by atoms with Crippen LogP contribution in [0.5, 0.6) is 0 Å². The fourth-order valence-corrected chi connectivity index (χ4v) is 5.38. The van der Waals surface area contributed by atoms with Crippen LogP contribution in [-0.2, 0) is 27.4 Å². The van der Waals surface area contributed by atoms with Gasteiger partial charge < -0.3 is 19.0 Å². The number of thiol groups is 1. The Hall–Kier alpha value is 0.570. The van der Waals surface area contributed by atoms with Gasteiger partial charge in [0.05, 0.1) is 24.4 Å². The Morgan fingerprint density at radius 1 is 0.893 bits per heavy atom. The summed E-state index contributed by atoms with van der Waals surface area (Å²) in [5, 5.41) is -1.48. The Bertz CT molecular complexity index is 598. The average molecular weight is 464 g/mol. The van der Waals surface area contributed by atoms with Crippen molar-refractivity contribution in [1.82, 2.24) is 0 Å². The zero-order valence-electron chi connectivity index (χ0n) is 18.5. The fourth-order valence-electron chi connectivity index (χ4n) is 2.69. The van der Waals surface area contributed by atoms with Gasteiger partial charge in [-0.25, -0.2) is 4.57 Å². The third-order valence-corrected chi connectivity index (χ3v) is 7.42. The summed E-state index contributed by atoms with van der Waals surface area (Å²) in [4.78, 5) is 20.1. The molecule has 11 heteroatoms. The second-order valence-electron chi connectivity index (χ2n) is 9.14. The van der Waals surface area contributed by atoms with Crippen molar-refractivity contribution in [2.75, 3.05) is 13.2 Å². The first-order chi connectivity index (χ1) is 12.1. The van der Waals surface area contributed by atoms with Crippen molar-refractivity contribution >= 4 is 28.0 Å². The molecule has 2 atom stereocenters. The van der Waals surface area contributed by atoms with Gasteiger partial charge in [-0.05, 0) is 61.3 Å². The van der Waals surface area contributed by atoms with Crippen LogP contribution in [-0.4, -0.2) is 44.3 Å². The molecule has 0 aromatic heterocycles. The number of hydrogen-bond acceptors (Lipinski definition) is 7. The van der Waals surface area contributed by atoms with Gasteiger partial charge in [0, 0.05) is 4.75 Å². The molecule has 2 unspecified atom stereocenters. The molecule has 0 rings (SSSR count). The maximum atomic E-state index is 12.9. The van der Waals surface area contributed by atoms with E-state index in [1.54, 1.807) is 34.6 Å². The summed E-state index contributed by atoms with van der Waals surface area (Å²) in [6.07, 6.45) is 0.648. The van der Waals surface area contributed by atoms with E-state index in [2.05, 4.69) is 12.6 Å². The molecular weight excluding hydrogens is 426 g/mol. The third-order valence-electron chi connectivity index (χ3n) is 3.72. The van der Waals surface area contributed by atoms with E-state index < -0.39 is 32.0 Å². The standard InChI is InChI=1S/C17H38O8P2S/c1-10-23-27(20,21)25-14(2,3)11-12-22-17(8,9)26(18,19)24-15(4,5)13-16(6,7)28/h28H,10-13H2,1-9H3,(H,18,19)(H,20,21). The van der Waals surface area contributed by atoms with Crippen molar-refractivity contribution in [2.24, 2.45) is 0 Å². The Morgan fingerprint density at radius 2 is 1.39 bits per heavy atom. The minimum Gasteiger partial charge on any atom is -0.363 e. The van der Waals surface area contributed by atoms with Crippen molar-refractivity contribution in [3.05, 3.63) is 0 Å². The second kappa shape index (κ2) is 9.80. The molecule has 0 heterocycles. The van der Waals surface area contributed by atoms with Crippen LogP contribution >= 0.6 is 28.0 Å². The second-order valence-corrected chi connectivity index (χ2v) is 14.0. The van der Waals surface area contributed by atoms with Crippen molar-refractivity contribution < 1.29 is 37.2 Å². The lowest BCUT2D eigenvalue weighted by Gasteiger charge is -2.38. The first-order valence-corrected chi connectivity index (χ1v) is 12.7. The molecule has 0 saturated heterocycles. The van der Waals surface area contributed by atoms with Crippen molar-refractivity contribution in [3.63, 3.8) is 0 Å². The zero-order chi connectivity index (χ0) is 22.7. The van der Waals surface area contributed by atoms with Crippen LogP contribution in [0.25, 0.3) is 0 Å². The quantitative estimate of drug-likeness (QED) is 0.254. The fraction of sp³-hybridized carbons (Fsp3) is 1.00.